The van der Waals surface area contributed by atoms with E-state index in [1.165, 1.54) is 11.8 Å². The molecule has 2 aromatic carbocycles. The van der Waals surface area contributed by atoms with Crippen molar-refractivity contribution in [2.24, 2.45) is 0 Å². The van der Waals surface area contributed by atoms with Gasteiger partial charge in [-0.15, -0.1) is 0 Å². The average molecular weight is 355 g/mol. The number of ether oxygens (including phenoxy) is 2. The summed E-state index contributed by atoms with van der Waals surface area (Å²) in [5, 5.41) is 0. The number of thioether (sulfide) groups is 1. The maximum absolute atomic E-state index is 12.8. The van der Waals surface area contributed by atoms with E-state index in [2.05, 4.69) is 0 Å². The van der Waals surface area contributed by atoms with Crippen molar-refractivity contribution < 1.29 is 14.3 Å². The zero-order chi connectivity index (χ0) is 16.7. The first-order valence-electron chi connectivity index (χ1n) is 7.37. The highest BCUT2D eigenvalue weighted by Gasteiger charge is 2.33. The summed E-state index contributed by atoms with van der Waals surface area (Å²) in [6, 6.07) is 13.4. The molecule has 1 fully saturated rings. The molecule has 0 saturated carbocycles. The van der Waals surface area contributed by atoms with Gasteiger partial charge in [0.25, 0.3) is 5.91 Å². The Hall–Kier alpha value is -2.31. The first-order valence-corrected chi connectivity index (χ1v) is 8.59. The number of rotatable bonds is 2. The summed E-state index contributed by atoms with van der Waals surface area (Å²) >= 11 is 6.69. The molecule has 2 aliphatic heterocycles. The predicted octanol–water partition coefficient (Wildman–Crippen LogP) is 4.13. The molecule has 120 valence electrons. The SMILES string of the molecule is Cc1ccc(N2C(=O)/C(=C/c3cccc4c3OCO4)SC2=S)cc1. The van der Waals surface area contributed by atoms with Gasteiger partial charge in [0.15, 0.2) is 15.8 Å². The van der Waals surface area contributed by atoms with Crippen LogP contribution in [0.2, 0.25) is 0 Å². The number of thiocarbonyl (C=S) groups is 1. The number of hydrogen-bond donors (Lipinski definition) is 0. The standard InChI is InChI=1S/C18H13NO3S2/c1-11-5-7-13(8-6-11)19-17(20)15(24-18(19)23)9-12-3-2-4-14-16(12)22-10-21-14/h2-9H,10H2,1H3/b15-9-. The Morgan fingerprint density at radius 2 is 1.96 bits per heavy atom. The Balaban J connectivity index is 1.69. The molecule has 1 saturated heterocycles. The first-order chi connectivity index (χ1) is 11.6. The molecule has 6 heteroatoms. The molecule has 2 heterocycles. The first kappa shape index (κ1) is 15.2. The van der Waals surface area contributed by atoms with Crippen LogP contribution in [0.25, 0.3) is 6.08 Å². The van der Waals surface area contributed by atoms with Crippen LogP contribution in [0.5, 0.6) is 11.5 Å². The molecule has 2 aliphatic rings. The largest absolute Gasteiger partial charge is 0.454 e. The molecule has 0 aliphatic carbocycles. The minimum Gasteiger partial charge on any atom is -0.454 e. The normalized spacial score (nSPS) is 17.9. The summed E-state index contributed by atoms with van der Waals surface area (Å²) in [4.78, 5) is 14.9. The van der Waals surface area contributed by atoms with Crippen LogP contribution in [0.3, 0.4) is 0 Å². The van der Waals surface area contributed by atoms with Gasteiger partial charge in [0.05, 0.1) is 10.6 Å². The van der Waals surface area contributed by atoms with Crippen molar-refractivity contribution in [3.8, 4) is 11.5 Å². The lowest BCUT2D eigenvalue weighted by atomic mass is 10.1. The van der Waals surface area contributed by atoms with E-state index >= 15 is 0 Å². The van der Waals surface area contributed by atoms with E-state index in [9.17, 15) is 4.79 Å². The van der Waals surface area contributed by atoms with E-state index in [0.717, 1.165) is 16.8 Å². The second-order valence-electron chi connectivity index (χ2n) is 5.43. The Morgan fingerprint density at radius 3 is 2.75 bits per heavy atom. The van der Waals surface area contributed by atoms with E-state index in [1.807, 2.05) is 49.4 Å². The molecular formula is C18H13NO3S2. The quantitative estimate of drug-likeness (QED) is 0.598. The van der Waals surface area contributed by atoms with Crippen LogP contribution < -0.4 is 14.4 Å². The second kappa shape index (κ2) is 5.96. The van der Waals surface area contributed by atoms with Gasteiger partial charge < -0.3 is 9.47 Å². The lowest BCUT2D eigenvalue weighted by Crippen LogP contribution is -2.27. The monoisotopic (exact) mass is 355 g/mol. The number of carbonyl (C=O) groups is 1. The zero-order valence-corrected chi connectivity index (χ0v) is 14.4. The van der Waals surface area contributed by atoms with Gasteiger partial charge in [-0.05, 0) is 31.2 Å². The molecule has 4 nitrogen and oxygen atoms in total. The summed E-state index contributed by atoms with van der Waals surface area (Å²) in [7, 11) is 0. The van der Waals surface area contributed by atoms with Gasteiger partial charge in [-0.3, -0.25) is 9.69 Å². The summed E-state index contributed by atoms with van der Waals surface area (Å²) in [5.41, 5.74) is 2.73. The molecule has 2 aromatic rings. The maximum atomic E-state index is 12.8. The molecule has 1 amide bonds. The number of carbonyl (C=O) groups excluding carboxylic acids is 1. The fourth-order valence-electron chi connectivity index (χ4n) is 2.59. The molecule has 0 bridgehead atoms. The smallest absolute Gasteiger partial charge is 0.270 e. The number of hydrogen-bond acceptors (Lipinski definition) is 5. The predicted molar refractivity (Wildman–Crippen MR) is 99.4 cm³/mol. The van der Waals surface area contributed by atoms with Gasteiger partial charge >= 0.3 is 0 Å². The van der Waals surface area contributed by atoms with Gasteiger partial charge in [0.1, 0.15) is 0 Å². The van der Waals surface area contributed by atoms with Crippen molar-refractivity contribution in [3.05, 3.63) is 58.5 Å². The average Bonchev–Trinajstić information content (AvgIpc) is 3.15. The number of fused-ring (bicyclic) bond motifs is 1. The van der Waals surface area contributed by atoms with E-state index < -0.39 is 0 Å². The van der Waals surface area contributed by atoms with E-state index in [-0.39, 0.29) is 12.7 Å². The molecule has 0 aromatic heterocycles. The highest BCUT2D eigenvalue weighted by atomic mass is 32.2. The Morgan fingerprint density at radius 1 is 1.17 bits per heavy atom. The van der Waals surface area contributed by atoms with E-state index in [1.54, 1.807) is 11.0 Å². The van der Waals surface area contributed by atoms with Crippen molar-refractivity contribution in [3.63, 3.8) is 0 Å². The van der Waals surface area contributed by atoms with Gasteiger partial charge in [0, 0.05) is 5.56 Å². The van der Waals surface area contributed by atoms with Crippen molar-refractivity contribution in [1.29, 1.82) is 0 Å². The Labute approximate surface area is 149 Å². The van der Waals surface area contributed by atoms with E-state index in [4.69, 9.17) is 21.7 Å². The Bertz CT molecular complexity index is 874. The van der Waals surface area contributed by atoms with Crippen LogP contribution in [0.1, 0.15) is 11.1 Å². The van der Waals surface area contributed by atoms with Gasteiger partial charge in [-0.2, -0.15) is 0 Å². The molecule has 24 heavy (non-hydrogen) atoms. The number of para-hydroxylation sites is 1. The van der Waals surface area contributed by atoms with Crippen LogP contribution >= 0.6 is 24.0 Å². The third-order valence-corrected chi connectivity index (χ3v) is 5.10. The molecule has 0 atom stereocenters. The third-order valence-electron chi connectivity index (χ3n) is 3.80. The van der Waals surface area contributed by atoms with Gasteiger partial charge in [-0.25, -0.2) is 0 Å². The number of amides is 1. The summed E-state index contributed by atoms with van der Waals surface area (Å²) in [5.74, 6) is 1.24. The van der Waals surface area contributed by atoms with Crippen LogP contribution in [0.4, 0.5) is 5.69 Å². The number of nitrogens with zero attached hydrogens (tertiary/aromatic N) is 1. The minimum atomic E-state index is -0.120. The topological polar surface area (TPSA) is 38.8 Å². The number of anilines is 1. The van der Waals surface area contributed by atoms with E-state index in [0.29, 0.717) is 20.7 Å². The molecular weight excluding hydrogens is 342 g/mol. The molecule has 0 N–H and O–H groups in total. The molecule has 0 radical (unpaired) electrons. The number of benzene rings is 2. The maximum Gasteiger partial charge on any atom is 0.270 e. The van der Waals surface area contributed by atoms with Crippen LogP contribution in [-0.4, -0.2) is 17.0 Å². The van der Waals surface area contributed by atoms with Crippen LogP contribution in [-0.2, 0) is 4.79 Å². The van der Waals surface area contributed by atoms with Crippen LogP contribution in [0, 0.1) is 6.92 Å². The lowest BCUT2D eigenvalue weighted by Gasteiger charge is -2.14. The summed E-state index contributed by atoms with van der Waals surface area (Å²) in [6.45, 7) is 2.20. The highest BCUT2D eigenvalue weighted by Crippen LogP contribution is 2.40. The van der Waals surface area contributed by atoms with Gasteiger partial charge in [0.2, 0.25) is 6.79 Å². The summed E-state index contributed by atoms with van der Waals surface area (Å²) < 4.78 is 11.4. The minimum absolute atomic E-state index is 0.120. The fourth-order valence-corrected chi connectivity index (χ4v) is 3.88. The third kappa shape index (κ3) is 2.57. The Kier molecular flexibility index (Phi) is 3.78. The lowest BCUT2D eigenvalue weighted by molar-refractivity contribution is -0.113. The van der Waals surface area contributed by atoms with Crippen molar-refractivity contribution in [1.82, 2.24) is 0 Å². The number of aryl methyl sites for hydroxylation is 1. The van der Waals surface area contributed by atoms with Gasteiger partial charge in [-0.1, -0.05) is 53.8 Å². The fraction of sp³-hybridized carbons (Fsp3) is 0.111. The highest BCUT2D eigenvalue weighted by molar-refractivity contribution is 8.27. The van der Waals surface area contributed by atoms with Crippen molar-refractivity contribution >= 4 is 46.0 Å². The molecule has 0 spiro atoms. The van der Waals surface area contributed by atoms with Crippen LogP contribution in [0.15, 0.2) is 47.4 Å². The van der Waals surface area contributed by atoms with Crippen molar-refractivity contribution in [2.45, 2.75) is 6.92 Å². The second-order valence-corrected chi connectivity index (χ2v) is 7.11. The van der Waals surface area contributed by atoms with Crippen molar-refractivity contribution in [2.75, 3.05) is 11.7 Å². The molecule has 0 unspecified atom stereocenters. The molecule has 4 rings (SSSR count). The summed E-state index contributed by atoms with van der Waals surface area (Å²) in [6.07, 6.45) is 1.81. The zero-order valence-electron chi connectivity index (χ0n) is 12.8.